The second kappa shape index (κ2) is 9.19. The molecular formula is C20H23BrN4OS. The van der Waals surface area contributed by atoms with Gasteiger partial charge in [-0.2, -0.15) is 5.10 Å². The van der Waals surface area contributed by atoms with Crippen LogP contribution in [0.2, 0.25) is 0 Å². The van der Waals surface area contributed by atoms with Crippen LogP contribution in [0.3, 0.4) is 0 Å². The van der Waals surface area contributed by atoms with Gasteiger partial charge in [0, 0.05) is 16.5 Å². The first-order valence-electron chi connectivity index (χ1n) is 8.93. The van der Waals surface area contributed by atoms with Crippen molar-refractivity contribution in [3.05, 3.63) is 74.2 Å². The predicted octanol–water partition coefficient (Wildman–Crippen LogP) is 5.29. The number of ether oxygens (including phenoxy) is 1. The summed E-state index contributed by atoms with van der Waals surface area (Å²) in [5.41, 5.74) is 6.78. The number of halogens is 1. The molecule has 0 aliphatic carbocycles. The van der Waals surface area contributed by atoms with Crippen LogP contribution in [0.4, 0.5) is 0 Å². The molecule has 0 unspecified atom stereocenters. The zero-order chi connectivity index (χ0) is 19.2. The number of nitrogens with zero attached hydrogens (tertiary/aromatic N) is 2. The van der Waals surface area contributed by atoms with Crippen LogP contribution in [0.1, 0.15) is 35.9 Å². The highest BCUT2D eigenvalue weighted by molar-refractivity contribution is 9.10. The molecule has 2 N–H and O–H groups in total. The Morgan fingerprint density at radius 3 is 2.74 bits per heavy atom. The molecule has 3 rings (SSSR count). The maximum Gasteiger partial charge on any atom is 0.214 e. The van der Waals surface area contributed by atoms with E-state index in [1.807, 2.05) is 16.8 Å². The van der Waals surface area contributed by atoms with Crippen LogP contribution >= 0.6 is 28.1 Å². The third kappa shape index (κ3) is 5.20. The molecule has 0 saturated carbocycles. The molecule has 2 aromatic carbocycles. The summed E-state index contributed by atoms with van der Waals surface area (Å²) < 4.78 is 9.48. The maximum absolute atomic E-state index is 6.08. The first-order valence-corrected chi connectivity index (χ1v) is 10.1. The maximum atomic E-state index is 6.08. The Labute approximate surface area is 172 Å². The third-order valence-electron chi connectivity index (χ3n) is 4.18. The highest BCUT2D eigenvalue weighted by Crippen LogP contribution is 2.24. The summed E-state index contributed by atoms with van der Waals surface area (Å²) in [5.74, 6) is 1.75. The number of nitrogens with one attached hydrogen (secondary N) is 2. The zero-order valence-corrected chi connectivity index (χ0v) is 17.9. The van der Waals surface area contributed by atoms with Crippen molar-refractivity contribution in [3.8, 4) is 5.75 Å². The molecule has 0 aliphatic heterocycles. The lowest BCUT2D eigenvalue weighted by Gasteiger charge is -2.15. The summed E-state index contributed by atoms with van der Waals surface area (Å²) in [4.78, 5) is 0. The molecule has 0 amide bonds. The first-order chi connectivity index (χ1) is 13.1. The monoisotopic (exact) mass is 446 g/mol. The largest absolute Gasteiger partial charge is 0.489 e. The topological polar surface area (TPSA) is 54.9 Å². The molecule has 0 radical (unpaired) electrons. The Morgan fingerprint density at radius 1 is 1.22 bits per heavy atom. The number of aromatic amines is 1. The number of hydrogen-bond donors (Lipinski definition) is 2. The fourth-order valence-corrected chi connectivity index (χ4v) is 3.34. The van der Waals surface area contributed by atoms with Crippen molar-refractivity contribution >= 4 is 28.1 Å². The Bertz CT molecular complexity index is 949. The molecule has 0 aliphatic rings. The number of benzene rings is 2. The standard InChI is InChI=1S/C20H23BrN4OS/c1-3-4-19-23-24-20(27)25(19)22-12-16-11-17(21)9-10-18(16)26-13-15-7-5-14(2)6-8-15/h5-11,22H,3-4,12-13H2,1-2H3,(H,24,27). The molecule has 1 aromatic heterocycles. The fourth-order valence-electron chi connectivity index (χ4n) is 2.72. The molecule has 3 aromatic rings. The van der Waals surface area contributed by atoms with Crippen molar-refractivity contribution in [1.29, 1.82) is 0 Å². The average molecular weight is 447 g/mol. The molecule has 1 heterocycles. The molecule has 7 heteroatoms. The van der Waals surface area contributed by atoms with Crippen LogP contribution in [0.15, 0.2) is 46.9 Å². The normalized spacial score (nSPS) is 10.8. The van der Waals surface area contributed by atoms with E-state index in [9.17, 15) is 0 Å². The van der Waals surface area contributed by atoms with Gasteiger partial charge in [0.05, 0.1) is 6.54 Å². The van der Waals surface area contributed by atoms with Gasteiger partial charge in [0.2, 0.25) is 4.77 Å². The van der Waals surface area contributed by atoms with Gasteiger partial charge in [-0.1, -0.05) is 52.7 Å². The number of rotatable bonds is 8. The van der Waals surface area contributed by atoms with E-state index in [0.717, 1.165) is 40.0 Å². The van der Waals surface area contributed by atoms with Crippen molar-refractivity contribution in [3.63, 3.8) is 0 Å². The highest BCUT2D eigenvalue weighted by atomic mass is 79.9. The molecule has 0 fully saturated rings. The van der Waals surface area contributed by atoms with Gasteiger partial charge in [-0.15, -0.1) is 0 Å². The molecule has 0 bridgehead atoms. The fraction of sp³-hybridized carbons (Fsp3) is 0.300. The van der Waals surface area contributed by atoms with E-state index >= 15 is 0 Å². The van der Waals surface area contributed by atoms with Gasteiger partial charge in [0.25, 0.3) is 0 Å². The minimum absolute atomic E-state index is 0.529. The van der Waals surface area contributed by atoms with Crippen molar-refractivity contribution in [2.75, 3.05) is 5.43 Å². The Morgan fingerprint density at radius 2 is 2.00 bits per heavy atom. The van der Waals surface area contributed by atoms with Crippen LogP contribution < -0.4 is 10.2 Å². The first kappa shape index (κ1) is 19.6. The van der Waals surface area contributed by atoms with Crippen LogP contribution in [0.5, 0.6) is 5.75 Å². The molecule has 142 valence electrons. The minimum atomic E-state index is 0.529. The van der Waals surface area contributed by atoms with E-state index in [1.165, 1.54) is 5.56 Å². The van der Waals surface area contributed by atoms with Crippen molar-refractivity contribution in [2.24, 2.45) is 0 Å². The van der Waals surface area contributed by atoms with E-state index in [4.69, 9.17) is 17.0 Å². The van der Waals surface area contributed by atoms with Gasteiger partial charge < -0.3 is 10.2 Å². The Kier molecular flexibility index (Phi) is 6.68. The van der Waals surface area contributed by atoms with Crippen molar-refractivity contribution in [1.82, 2.24) is 14.9 Å². The summed E-state index contributed by atoms with van der Waals surface area (Å²) in [5, 5.41) is 7.13. The number of aryl methyl sites for hydroxylation is 2. The van der Waals surface area contributed by atoms with E-state index in [0.29, 0.717) is 17.9 Å². The van der Waals surface area contributed by atoms with Gasteiger partial charge >= 0.3 is 0 Å². The molecular weight excluding hydrogens is 424 g/mol. The number of H-pyrrole nitrogens is 1. The quantitative estimate of drug-likeness (QED) is 0.461. The minimum Gasteiger partial charge on any atom is -0.489 e. The lowest BCUT2D eigenvalue weighted by molar-refractivity contribution is 0.303. The Hall–Kier alpha value is -2.12. The van der Waals surface area contributed by atoms with Crippen molar-refractivity contribution < 1.29 is 4.74 Å². The predicted molar refractivity (Wildman–Crippen MR) is 114 cm³/mol. The lowest BCUT2D eigenvalue weighted by atomic mass is 10.1. The van der Waals surface area contributed by atoms with E-state index in [1.54, 1.807) is 0 Å². The lowest BCUT2D eigenvalue weighted by Crippen LogP contribution is -2.18. The van der Waals surface area contributed by atoms with E-state index in [2.05, 4.69) is 75.7 Å². The average Bonchev–Trinajstić information content (AvgIpc) is 3.00. The summed E-state index contributed by atoms with van der Waals surface area (Å²) in [6, 6.07) is 14.4. The van der Waals surface area contributed by atoms with Gasteiger partial charge in [-0.25, -0.2) is 4.68 Å². The van der Waals surface area contributed by atoms with Crippen LogP contribution in [-0.2, 0) is 19.6 Å². The summed E-state index contributed by atoms with van der Waals surface area (Å²) in [7, 11) is 0. The van der Waals surface area contributed by atoms with Crippen LogP contribution in [0, 0.1) is 11.7 Å². The summed E-state index contributed by atoms with van der Waals surface area (Å²) >= 11 is 8.87. The van der Waals surface area contributed by atoms with Gasteiger partial charge in [-0.3, -0.25) is 5.10 Å². The number of aromatic nitrogens is 3. The van der Waals surface area contributed by atoms with Gasteiger partial charge in [0.15, 0.2) is 5.82 Å². The molecule has 0 atom stereocenters. The molecule has 27 heavy (non-hydrogen) atoms. The van der Waals surface area contributed by atoms with Gasteiger partial charge in [0.1, 0.15) is 12.4 Å². The molecule has 0 spiro atoms. The van der Waals surface area contributed by atoms with Crippen LogP contribution in [-0.4, -0.2) is 14.9 Å². The highest BCUT2D eigenvalue weighted by Gasteiger charge is 2.09. The second-order valence-electron chi connectivity index (χ2n) is 6.39. The SMILES string of the molecule is CCCc1n[nH]c(=S)n1NCc1cc(Br)ccc1OCc1ccc(C)cc1. The molecule has 0 saturated heterocycles. The third-order valence-corrected chi connectivity index (χ3v) is 4.95. The summed E-state index contributed by atoms with van der Waals surface area (Å²) in [6.45, 7) is 5.30. The summed E-state index contributed by atoms with van der Waals surface area (Å²) in [6.07, 6.45) is 1.86. The van der Waals surface area contributed by atoms with E-state index < -0.39 is 0 Å². The zero-order valence-electron chi connectivity index (χ0n) is 15.5. The Balaban J connectivity index is 1.73. The van der Waals surface area contributed by atoms with Gasteiger partial charge in [-0.05, 0) is 49.3 Å². The van der Waals surface area contributed by atoms with E-state index in [-0.39, 0.29) is 0 Å². The number of hydrogen-bond acceptors (Lipinski definition) is 4. The van der Waals surface area contributed by atoms with Crippen molar-refractivity contribution in [2.45, 2.75) is 39.8 Å². The second-order valence-corrected chi connectivity index (χ2v) is 7.69. The smallest absolute Gasteiger partial charge is 0.214 e. The van der Waals surface area contributed by atoms with Crippen LogP contribution in [0.25, 0.3) is 0 Å². The molecule has 5 nitrogen and oxygen atoms in total.